The van der Waals surface area contributed by atoms with Gasteiger partial charge < -0.3 is 10.4 Å². The molecule has 0 heterocycles. The third-order valence-electron chi connectivity index (χ3n) is 3.65. The van der Waals surface area contributed by atoms with Crippen LogP contribution in [-0.2, 0) is 4.79 Å². The quantitative estimate of drug-likeness (QED) is 0.570. The fraction of sp³-hybridized carbons (Fsp3) is 0. The fourth-order valence-corrected chi connectivity index (χ4v) is 2.50. The molecular weight excluding hydrogens is 306 g/mol. The molecule has 0 aliphatic carbocycles. The number of rotatable bonds is 4. The number of Topliss-reactive ketones (excluding diaryl/α,β-unsaturated/α-hetero) is 1. The number of ketones is 1. The van der Waals surface area contributed by atoms with E-state index in [0.29, 0.717) is 5.39 Å². The highest BCUT2D eigenvalue weighted by atomic mass is 16.4. The van der Waals surface area contributed by atoms with E-state index in [-0.39, 0.29) is 16.8 Å². The van der Waals surface area contributed by atoms with Crippen LogP contribution in [0.1, 0.15) is 20.7 Å². The van der Waals surface area contributed by atoms with Crippen molar-refractivity contribution in [1.29, 1.82) is 0 Å². The average molecular weight is 319 g/mol. The number of carboxylic acids is 1. The number of carboxylic acid groups (broad SMARTS) is 1. The Balaban J connectivity index is 1.93. The molecule has 5 heteroatoms. The van der Waals surface area contributed by atoms with Crippen molar-refractivity contribution in [3.05, 3.63) is 77.9 Å². The smallest absolute Gasteiger partial charge is 0.337 e. The Morgan fingerprint density at radius 2 is 1.38 bits per heavy atom. The zero-order chi connectivity index (χ0) is 17.1. The van der Waals surface area contributed by atoms with Gasteiger partial charge in [0.1, 0.15) is 0 Å². The molecule has 0 fully saturated rings. The van der Waals surface area contributed by atoms with Gasteiger partial charge in [0.2, 0.25) is 0 Å². The molecule has 1 amide bonds. The molecule has 24 heavy (non-hydrogen) atoms. The van der Waals surface area contributed by atoms with E-state index in [9.17, 15) is 14.4 Å². The molecule has 0 aliphatic heterocycles. The average Bonchev–Trinajstić information content (AvgIpc) is 2.61. The predicted molar refractivity (Wildman–Crippen MR) is 90.3 cm³/mol. The second kappa shape index (κ2) is 6.34. The third kappa shape index (κ3) is 2.87. The molecule has 0 spiro atoms. The maximum atomic E-state index is 12.5. The minimum atomic E-state index is -1.18. The molecule has 3 aromatic carbocycles. The molecule has 0 saturated heterocycles. The van der Waals surface area contributed by atoms with Crippen LogP contribution in [0.4, 0.5) is 5.69 Å². The zero-order valence-electron chi connectivity index (χ0n) is 12.5. The topological polar surface area (TPSA) is 83.5 Å². The van der Waals surface area contributed by atoms with Crippen molar-refractivity contribution in [3.8, 4) is 0 Å². The van der Waals surface area contributed by atoms with Gasteiger partial charge in [-0.1, -0.05) is 54.6 Å². The van der Waals surface area contributed by atoms with Gasteiger partial charge in [0.25, 0.3) is 11.7 Å². The highest BCUT2D eigenvalue weighted by Crippen LogP contribution is 2.20. The van der Waals surface area contributed by atoms with Gasteiger partial charge in [-0.2, -0.15) is 0 Å². The summed E-state index contributed by atoms with van der Waals surface area (Å²) in [5.74, 6) is -2.77. The van der Waals surface area contributed by atoms with E-state index in [1.165, 1.54) is 12.1 Å². The van der Waals surface area contributed by atoms with Crippen molar-refractivity contribution >= 4 is 34.1 Å². The minimum Gasteiger partial charge on any atom is -0.478 e. The largest absolute Gasteiger partial charge is 0.478 e. The lowest BCUT2D eigenvalue weighted by Crippen LogP contribution is -2.24. The monoisotopic (exact) mass is 319 g/mol. The molecule has 0 atom stereocenters. The second-order valence-corrected chi connectivity index (χ2v) is 5.16. The number of para-hydroxylation sites is 1. The Morgan fingerprint density at radius 1 is 0.750 bits per heavy atom. The van der Waals surface area contributed by atoms with Crippen molar-refractivity contribution in [3.63, 3.8) is 0 Å². The van der Waals surface area contributed by atoms with Crippen LogP contribution in [0.2, 0.25) is 0 Å². The molecular formula is C19H13NO4. The Hall–Kier alpha value is -3.47. The molecule has 0 aliphatic rings. The number of hydrogen-bond acceptors (Lipinski definition) is 3. The SMILES string of the molecule is O=C(Nc1ccccc1C(=O)O)C(=O)c1cccc2ccccc12. The van der Waals surface area contributed by atoms with Gasteiger partial charge >= 0.3 is 5.97 Å². The van der Waals surface area contributed by atoms with Gasteiger partial charge in [0.05, 0.1) is 11.3 Å². The van der Waals surface area contributed by atoms with Crippen LogP contribution in [0, 0.1) is 0 Å². The maximum absolute atomic E-state index is 12.5. The lowest BCUT2D eigenvalue weighted by Gasteiger charge is -2.09. The number of hydrogen-bond donors (Lipinski definition) is 2. The number of anilines is 1. The first-order chi connectivity index (χ1) is 11.6. The second-order valence-electron chi connectivity index (χ2n) is 5.16. The minimum absolute atomic E-state index is 0.0726. The first kappa shape index (κ1) is 15.4. The van der Waals surface area contributed by atoms with Crippen molar-refractivity contribution < 1.29 is 19.5 Å². The van der Waals surface area contributed by atoms with E-state index in [1.54, 1.807) is 36.4 Å². The number of carbonyl (C=O) groups excluding carboxylic acids is 2. The summed E-state index contributed by atoms with van der Waals surface area (Å²) in [7, 11) is 0. The van der Waals surface area contributed by atoms with Crippen LogP contribution in [0.25, 0.3) is 10.8 Å². The lowest BCUT2D eigenvalue weighted by atomic mass is 10.0. The van der Waals surface area contributed by atoms with Gasteiger partial charge in [-0.3, -0.25) is 9.59 Å². The first-order valence-electron chi connectivity index (χ1n) is 7.23. The van der Waals surface area contributed by atoms with Crippen molar-refractivity contribution in [2.75, 3.05) is 5.32 Å². The van der Waals surface area contributed by atoms with Crippen LogP contribution < -0.4 is 5.32 Å². The van der Waals surface area contributed by atoms with E-state index in [1.807, 2.05) is 18.2 Å². The summed E-state index contributed by atoms with van der Waals surface area (Å²) in [6.07, 6.45) is 0. The van der Waals surface area contributed by atoms with Crippen LogP contribution in [0.3, 0.4) is 0 Å². The standard InChI is InChI=1S/C19H13NO4/c21-17(14-10-5-7-12-6-1-2-8-13(12)14)18(22)20-16-11-4-3-9-15(16)19(23)24/h1-11H,(H,20,22)(H,23,24). The number of aromatic carboxylic acids is 1. The number of benzene rings is 3. The summed E-state index contributed by atoms with van der Waals surface area (Å²) >= 11 is 0. The summed E-state index contributed by atoms with van der Waals surface area (Å²) in [5.41, 5.74) is 0.290. The predicted octanol–water partition coefficient (Wildman–Crippen LogP) is 3.36. The Kier molecular flexibility index (Phi) is 4.07. The molecule has 5 nitrogen and oxygen atoms in total. The zero-order valence-corrected chi connectivity index (χ0v) is 12.5. The van der Waals surface area contributed by atoms with E-state index < -0.39 is 17.7 Å². The third-order valence-corrected chi connectivity index (χ3v) is 3.65. The van der Waals surface area contributed by atoms with Crippen LogP contribution >= 0.6 is 0 Å². The molecule has 118 valence electrons. The van der Waals surface area contributed by atoms with E-state index >= 15 is 0 Å². The Morgan fingerprint density at radius 3 is 2.17 bits per heavy atom. The van der Waals surface area contributed by atoms with Gasteiger partial charge in [0.15, 0.2) is 0 Å². The summed E-state index contributed by atoms with van der Waals surface area (Å²) < 4.78 is 0. The molecule has 3 aromatic rings. The normalized spacial score (nSPS) is 10.3. The van der Waals surface area contributed by atoms with E-state index in [2.05, 4.69) is 5.32 Å². The number of fused-ring (bicyclic) bond motifs is 1. The molecule has 0 saturated carbocycles. The van der Waals surface area contributed by atoms with Crippen LogP contribution in [0.15, 0.2) is 66.7 Å². The Bertz CT molecular complexity index is 957. The molecule has 2 N–H and O–H groups in total. The van der Waals surface area contributed by atoms with Gasteiger partial charge in [0, 0.05) is 5.56 Å². The van der Waals surface area contributed by atoms with Gasteiger partial charge in [-0.15, -0.1) is 0 Å². The first-order valence-corrected chi connectivity index (χ1v) is 7.23. The van der Waals surface area contributed by atoms with Crippen molar-refractivity contribution in [1.82, 2.24) is 0 Å². The summed E-state index contributed by atoms with van der Waals surface area (Å²) in [5, 5.41) is 13.0. The van der Waals surface area contributed by atoms with E-state index in [0.717, 1.165) is 5.39 Å². The number of amides is 1. The van der Waals surface area contributed by atoms with Crippen molar-refractivity contribution in [2.24, 2.45) is 0 Å². The van der Waals surface area contributed by atoms with Gasteiger partial charge in [-0.05, 0) is 22.9 Å². The molecule has 0 unspecified atom stereocenters. The highest BCUT2D eigenvalue weighted by molar-refractivity contribution is 6.48. The molecule has 0 aromatic heterocycles. The van der Waals surface area contributed by atoms with Crippen LogP contribution in [0.5, 0.6) is 0 Å². The molecule has 0 radical (unpaired) electrons. The summed E-state index contributed by atoms with van der Waals surface area (Å²) in [4.78, 5) is 35.9. The van der Waals surface area contributed by atoms with Crippen molar-refractivity contribution in [2.45, 2.75) is 0 Å². The Labute approximate surface area is 137 Å². The number of nitrogens with one attached hydrogen (secondary N) is 1. The van der Waals surface area contributed by atoms with Crippen LogP contribution in [-0.4, -0.2) is 22.8 Å². The summed E-state index contributed by atoms with van der Waals surface area (Å²) in [6.45, 7) is 0. The van der Waals surface area contributed by atoms with Gasteiger partial charge in [-0.25, -0.2) is 4.79 Å². The lowest BCUT2D eigenvalue weighted by molar-refractivity contribution is -0.112. The summed E-state index contributed by atoms with van der Waals surface area (Å²) in [6, 6.07) is 18.3. The highest BCUT2D eigenvalue weighted by Gasteiger charge is 2.20. The fourth-order valence-electron chi connectivity index (χ4n) is 2.50. The molecule has 0 bridgehead atoms. The van der Waals surface area contributed by atoms with E-state index in [4.69, 9.17) is 5.11 Å². The number of carbonyl (C=O) groups is 3. The maximum Gasteiger partial charge on any atom is 0.337 e. The molecule has 3 rings (SSSR count).